The quantitative estimate of drug-likeness (QED) is 0.689. The first-order valence-electron chi connectivity index (χ1n) is 8.53. The van der Waals surface area contributed by atoms with Crippen molar-refractivity contribution in [1.29, 1.82) is 0 Å². The first-order valence-corrected chi connectivity index (χ1v) is 8.53. The number of Topliss-reactive ketones (excluding diaryl/α,β-unsaturated/α-hetero) is 1. The largest absolute Gasteiger partial charge is 1.00 e. The summed E-state index contributed by atoms with van der Waals surface area (Å²) in [4.78, 5) is 24.7. The molecule has 3 rings (SSSR count). The van der Waals surface area contributed by atoms with Crippen LogP contribution in [0.3, 0.4) is 0 Å². The molecule has 0 bridgehead atoms. The Morgan fingerprint density at radius 2 is 1.58 bits per heavy atom. The first-order chi connectivity index (χ1) is 12.1. The van der Waals surface area contributed by atoms with E-state index in [9.17, 15) is 14.7 Å². The van der Waals surface area contributed by atoms with E-state index in [1.165, 1.54) is 6.08 Å². The van der Waals surface area contributed by atoms with Gasteiger partial charge in [0.1, 0.15) is 12.1 Å². The van der Waals surface area contributed by atoms with E-state index in [4.69, 9.17) is 0 Å². The third-order valence-electron chi connectivity index (χ3n) is 4.63. The van der Waals surface area contributed by atoms with Gasteiger partial charge >= 0.3 is 0 Å². The second kappa shape index (κ2) is 8.90. The summed E-state index contributed by atoms with van der Waals surface area (Å²) in [6, 6.07) is 16.4. The molecule has 2 aromatic carbocycles. The number of nitrogens with two attached hydrogens (primary N) is 1. The van der Waals surface area contributed by atoms with Gasteiger partial charge in [-0.2, -0.15) is 0 Å². The summed E-state index contributed by atoms with van der Waals surface area (Å²) >= 11 is 0. The van der Waals surface area contributed by atoms with Gasteiger partial charge in [-0.3, -0.25) is 9.59 Å². The Balaban J connectivity index is 0.00000243. The van der Waals surface area contributed by atoms with Gasteiger partial charge in [0, 0.05) is 23.1 Å². The minimum atomic E-state index is -0.570. The molecule has 0 spiro atoms. The van der Waals surface area contributed by atoms with E-state index in [-0.39, 0.29) is 30.0 Å². The predicted molar refractivity (Wildman–Crippen MR) is 95.5 cm³/mol. The van der Waals surface area contributed by atoms with Crippen molar-refractivity contribution in [2.75, 3.05) is 6.54 Å². The lowest BCUT2D eigenvalue weighted by molar-refractivity contribution is -0.693. The summed E-state index contributed by atoms with van der Waals surface area (Å²) in [7, 11) is 0. The maximum atomic E-state index is 12.5. The molecule has 1 aliphatic rings. The Labute approximate surface area is 159 Å². The molecule has 0 saturated carbocycles. The van der Waals surface area contributed by atoms with Crippen LogP contribution >= 0.6 is 0 Å². The number of rotatable bonds is 6. The van der Waals surface area contributed by atoms with Crippen LogP contribution in [0.25, 0.3) is 0 Å². The van der Waals surface area contributed by atoms with Crippen LogP contribution < -0.4 is 17.7 Å². The fraction of sp³-hybridized carbons (Fsp3) is 0.238. The van der Waals surface area contributed by atoms with Crippen LogP contribution in [0.2, 0.25) is 0 Å². The Morgan fingerprint density at radius 1 is 0.962 bits per heavy atom. The van der Waals surface area contributed by atoms with E-state index in [1.807, 2.05) is 42.6 Å². The van der Waals surface area contributed by atoms with Crippen molar-refractivity contribution in [3.05, 3.63) is 82.9 Å². The number of aliphatic hydroxyl groups is 1. The number of allylic oxidation sites excluding steroid dienone is 1. The zero-order valence-electron chi connectivity index (χ0n) is 14.6. The molecule has 4 nitrogen and oxygen atoms in total. The molecule has 2 unspecified atom stereocenters. The van der Waals surface area contributed by atoms with Gasteiger partial charge in [0.15, 0.2) is 11.6 Å². The molecule has 3 N–H and O–H groups in total. The maximum Gasteiger partial charge on any atom is 0.190 e. The third kappa shape index (κ3) is 4.28. The molecule has 5 heteroatoms. The molecule has 0 aliphatic heterocycles. The third-order valence-corrected chi connectivity index (χ3v) is 4.63. The molecule has 1 aliphatic carbocycles. The predicted octanol–water partition coefficient (Wildman–Crippen LogP) is -0.928. The van der Waals surface area contributed by atoms with Crippen LogP contribution in [0.4, 0.5) is 0 Å². The summed E-state index contributed by atoms with van der Waals surface area (Å²) in [6.45, 7) is 2.59. The lowest BCUT2D eigenvalue weighted by Gasteiger charge is -2.19. The monoisotopic (exact) mass is 371 g/mol. The van der Waals surface area contributed by atoms with E-state index in [2.05, 4.69) is 0 Å². The minimum absolute atomic E-state index is 0. The number of halogens is 1. The number of quaternary nitrogens is 1. The van der Waals surface area contributed by atoms with Gasteiger partial charge in [0.25, 0.3) is 0 Å². The molecule has 136 valence electrons. The number of aliphatic hydroxyl groups excluding tert-OH is 1. The summed E-state index contributed by atoms with van der Waals surface area (Å²) in [5.41, 5.74) is 2.39. The Kier molecular flexibility index (Phi) is 6.86. The molecule has 26 heavy (non-hydrogen) atoms. The molecule has 2 atom stereocenters. The average Bonchev–Trinajstić information content (AvgIpc) is 2.65. The SMILES string of the molecule is CC([NH2+]CCC1=CC(=O)c2ccccc2C1=O)C(O)c1ccccc1.[Cl-]. The normalized spacial score (nSPS) is 15.5. The standard InChI is InChI=1S/C21H21NO3.ClH/c1-14(20(24)15-7-3-2-4-8-15)22-12-11-16-13-19(23)17-9-5-6-10-18(17)21(16)25;/h2-10,13-14,20,22,24H,11-12H2,1H3;1H. The van der Waals surface area contributed by atoms with Crippen molar-refractivity contribution >= 4 is 11.6 Å². The van der Waals surface area contributed by atoms with Crippen molar-refractivity contribution in [2.45, 2.75) is 25.5 Å². The van der Waals surface area contributed by atoms with Crippen molar-refractivity contribution in [3.63, 3.8) is 0 Å². The van der Waals surface area contributed by atoms with Gasteiger partial charge in [-0.1, -0.05) is 54.6 Å². The van der Waals surface area contributed by atoms with Gasteiger partial charge in [-0.15, -0.1) is 0 Å². The van der Waals surface area contributed by atoms with Gasteiger partial charge in [0.05, 0.1) is 6.54 Å². The molecule has 0 amide bonds. The summed E-state index contributed by atoms with van der Waals surface area (Å²) in [6.07, 6.45) is 1.39. The Bertz CT molecular complexity index is 817. The second-order valence-corrected chi connectivity index (χ2v) is 6.40. The molecule has 0 radical (unpaired) electrons. The fourth-order valence-corrected chi connectivity index (χ4v) is 3.14. The maximum absolute atomic E-state index is 12.5. The van der Waals surface area contributed by atoms with Crippen molar-refractivity contribution in [3.8, 4) is 0 Å². The zero-order chi connectivity index (χ0) is 17.8. The van der Waals surface area contributed by atoms with Crippen LogP contribution in [0, 0.1) is 0 Å². The Morgan fingerprint density at radius 3 is 2.27 bits per heavy atom. The first kappa shape index (κ1) is 20.0. The molecular weight excluding hydrogens is 350 g/mol. The summed E-state index contributed by atoms with van der Waals surface area (Å²) < 4.78 is 0. The number of fused-ring (bicyclic) bond motifs is 1. The van der Waals surface area contributed by atoms with Gasteiger partial charge in [-0.05, 0) is 18.6 Å². The van der Waals surface area contributed by atoms with E-state index >= 15 is 0 Å². The van der Waals surface area contributed by atoms with E-state index in [1.54, 1.807) is 24.3 Å². The van der Waals surface area contributed by atoms with Crippen molar-refractivity contribution in [2.24, 2.45) is 0 Å². The van der Waals surface area contributed by atoms with Gasteiger partial charge in [-0.25, -0.2) is 0 Å². The highest BCUT2D eigenvalue weighted by molar-refractivity contribution is 6.24. The molecule has 0 heterocycles. The summed E-state index contributed by atoms with van der Waals surface area (Å²) in [5, 5.41) is 12.4. The molecule has 2 aromatic rings. The highest BCUT2D eigenvalue weighted by Gasteiger charge is 2.25. The van der Waals surface area contributed by atoms with E-state index in [0.717, 1.165) is 5.56 Å². The van der Waals surface area contributed by atoms with Crippen molar-refractivity contribution < 1.29 is 32.4 Å². The lowest BCUT2D eigenvalue weighted by atomic mass is 9.88. The van der Waals surface area contributed by atoms with E-state index in [0.29, 0.717) is 29.7 Å². The Hall–Kier alpha value is -2.27. The van der Waals surface area contributed by atoms with Crippen LogP contribution in [0.15, 0.2) is 66.2 Å². The smallest absolute Gasteiger partial charge is 0.190 e. The van der Waals surface area contributed by atoms with Crippen LogP contribution in [-0.4, -0.2) is 29.3 Å². The van der Waals surface area contributed by atoms with Crippen LogP contribution in [-0.2, 0) is 0 Å². The number of ketones is 2. The second-order valence-electron chi connectivity index (χ2n) is 6.40. The highest BCUT2D eigenvalue weighted by atomic mass is 35.5. The lowest BCUT2D eigenvalue weighted by Crippen LogP contribution is -3.00. The zero-order valence-corrected chi connectivity index (χ0v) is 15.3. The van der Waals surface area contributed by atoms with Crippen LogP contribution in [0.1, 0.15) is 45.7 Å². The van der Waals surface area contributed by atoms with Crippen LogP contribution in [0.5, 0.6) is 0 Å². The number of hydrogen-bond acceptors (Lipinski definition) is 3. The van der Waals surface area contributed by atoms with Crippen molar-refractivity contribution in [1.82, 2.24) is 0 Å². The number of carbonyl (C=O) groups excluding carboxylic acids is 2. The average molecular weight is 372 g/mol. The molecular formula is C21H22ClNO3. The van der Waals surface area contributed by atoms with Gasteiger partial charge < -0.3 is 22.8 Å². The molecule has 0 saturated heterocycles. The fourth-order valence-electron chi connectivity index (χ4n) is 3.14. The minimum Gasteiger partial charge on any atom is -1.00 e. The van der Waals surface area contributed by atoms with E-state index < -0.39 is 6.10 Å². The molecule has 0 aromatic heterocycles. The number of benzene rings is 2. The topological polar surface area (TPSA) is 71.0 Å². The highest BCUT2D eigenvalue weighted by Crippen LogP contribution is 2.22. The number of carbonyl (C=O) groups is 2. The van der Waals surface area contributed by atoms with Gasteiger partial charge in [0.2, 0.25) is 0 Å². The number of hydrogen-bond donors (Lipinski definition) is 2. The summed E-state index contributed by atoms with van der Waals surface area (Å²) in [5.74, 6) is -0.178. The molecule has 0 fully saturated rings.